The summed E-state index contributed by atoms with van der Waals surface area (Å²) in [6.07, 6.45) is 42.4. The van der Waals surface area contributed by atoms with E-state index in [4.69, 9.17) is 29.9 Å². The number of hydrogen-bond donors (Lipinski definition) is 7. The van der Waals surface area contributed by atoms with E-state index in [1.54, 1.807) is 0 Å². The molecule has 15 rings (SSSR count). The van der Waals surface area contributed by atoms with Crippen LogP contribution in [0.5, 0.6) is 0 Å². The van der Waals surface area contributed by atoms with Gasteiger partial charge in [0.25, 0.3) is 0 Å². The van der Waals surface area contributed by atoms with Crippen molar-refractivity contribution in [1.82, 2.24) is 73.4 Å². The average molecular weight is 1520 g/mol. The first kappa shape index (κ1) is 81.4. The second-order valence-corrected chi connectivity index (χ2v) is 35.2. The number of anilines is 3. The van der Waals surface area contributed by atoms with Crippen molar-refractivity contribution in [3.05, 3.63) is 53.9 Å². The van der Waals surface area contributed by atoms with E-state index in [0.29, 0.717) is 89.6 Å². The van der Waals surface area contributed by atoms with Crippen LogP contribution in [0.3, 0.4) is 0 Å². The summed E-state index contributed by atoms with van der Waals surface area (Å²) in [5.41, 5.74) is 7.04. The first-order chi connectivity index (χ1) is 53.4. The van der Waals surface area contributed by atoms with Gasteiger partial charge in [0.05, 0.1) is 36.1 Å². The predicted octanol–water partition coefficient (Wildman–Crippen LogP) is 13.3. The monoisotopic (exact) mass is 1520 g/mol. The van der Waals surface area contributed by atoms with Crippen LogP contribution in [0, 0.1) is 17.8 Å². The fourth-order valence-corrected chi connectivity index (χ4v) is 20.2. The Bertz CT molecular complexity index is 3750. The number of nitrogens with one attached hydrogen (secondary N) is 4. The van der Waals surface area contributed by atoms with Gasteiger partial charge in [-0.2, -0.15) is 15.0 Å². The van der Waals surface area contributed by atoms with Crippen molar-refractivity contribution >= 4 is 68.7 Å². The van der Waals surface area contributed by atoms with E-state index in [2.05, 4.69) is 134 Å². The number of rotatable bonds is 21. The van der Waals surface area contributed by atoms with E-state index in [1.807, 2.05) is 18.6 Å². The number of amides is 3. The fraction of sp³-hybridized carbons (Fsp3) is 0.756. The highest BCUT2D eigenvalue weighted by Crippen LogP contribution is 2.43. The molecule has 6 aliphatic heterocycles. The lowest BCUT2D eigenvalue weighted by Crippen LogP contribution is -2.46. The summed E-state index contributed by atoms with van der Waals surface area (Å²) in [5, 5.41) is 47.6. The Morgan fingerprint density at radius 1 is 0.418 bits per heavy atom. The van der Waals surface area contributed by atoms with Crippen LogP contribution < -0.4 is 21.3 Å². The molecule has 12 heterocycles. The number of piperidine rings is 6. The Hall–Kier alpha value is -6.57. The van der Waals surface area contributed by atoms with Crippen LogP contribution in [0.1, 0.15) is 287 Å². The van der Waals surface area contributed by atoms with Crippen LogP contribution in [0.2, 0.25) is 0 Å². The fourth-order valence-electron chi connectivity index (χ4n) is 20.2. The third-order valence-corrected chi connectivity index (χ3v) is 26.6. The molecule has 3 amide bonds. The normalized spacial score (nSPS) is 26.9. The molecule has 0 bridgehead atoms. The maximum Gasteiger partial charge on any atom is 0.226 e. The molecule has 6 saturated heterocycles. The summed E-state index contributed by atoms with van der Waals surface area (Å²) in [6.45, 7) is 24.0. The first-order valence-electron chi connectivity index (χ1n) is 43.8. The van der Waals surface area contributed by atoms with Crippen molar-refractivity contribution in [3.63, 3.8) is 0 Å². The van der Waals surface area contributed by atoms with E-state index in [1.165, 1.54) is 16.7 Å². The van der Waals surface area contributed by atoms with Crippen LogP contribution in [-0.4, -0.2) is 230 Å². The number of aromatic nitrogens is 9. The van der Waals surface area contributed by atoms with Crippen LogP contribution in [0.25, 0.3) is 33.1 Å². The molecule has 3 aliphatic carbocycles. The van der Waals surface area contributed by atoms with Gasteiger partial charge in [0.2, 0.25) is 35.6 Å². The van der Waals surface area contributed by atoms with Crippen molar-refractivity contribution in [2.45, 2.75) is 306 Å². The molecule has 0 aromatic carbocycles. The highest BCUT2D eigenvalue weighted by Gasteiger charge is 2.38. The highest BCUT2D eigenvalue weighted by molar-refractivity contribution is 5.85. The minimum atomic E-state index is -0.176. The molecular weight excluding hydrogens is 1380 g/mol. The van der Waals surface area contributed by atoms with Crippen LogP contribution in [-0.2, 0) is 14.4 Å². The Kier molecular flexibility index (Phi) is 28.5. The Balaban J connectivity index is 0.000000145. The van der Waals surface area contributed by atoms with Crippen molar-refractivity contribution in [2.24, 2.45) is 17.8 Å². The van der Waals surface area contributed by atoms with Gasteiger partial charge in [0.1, 0.15) is 16.9 Å². The van der Waals surface area contributed by atoms with Gasteiger partial charge in [-0.25, -0.2) is 15.0 Å². The number of fused-ring (bicyclic) bond motifs is 3. The van der Waals surface area contributed by atoms with Gasteiger partial charge in [-0.3, -0.25) is 14.4 Å². The van der Waals surface area contributed by atoms with Gasteiger partial charge in [-0.05, 0) is 262 Å². The molecule has 1 unspecified atom stereocenters. The van der Waals surface area contributed by atoms with E-state index in [0.717, 1.165) is 304 Å². The molecule has 7 N–H and O–H groups in total. The Morgan fingerprint density at radius 3 is 1.00 bits per heavy atom. The smallest absolute Gasteiger partial charge is 0.226 e. The maximum absolute atomic E-state index is 13.2. The molecule has 9 aliphatic rings. The molecule has 24 heteroatoms. The van der Waals surface area contributed by atoms with Gasteiger partial charge >= 0.3 is 0 Å². The number of aliphatic hydroxyl groups is 3. The summed E-state index contributed by atoms with van der Waals surface area (Å²) in [5.74, 6) is 4.86. The number of nitrogens with zero attached hydrogens (tertiary/aromatic N) is 14. The molecule has 6 aromatic heterocycles. The maximum atomic E-state index is 13.2. The minimum absolute atomic E-state index is 0.147. The van der Waals surface area contributed by atoms with Crippen molar-refractivity contribution < 1.29 is 29.7 Å². The van der Waals surface area contributed by atoms with Gasteiger partial charge in [-0.15, -0.1) is 0 Å². The van der Waals surface area contributed by atoms with E-state index in [-0.39, 0.29) is 36.1 Å². The van der Waals surface area contributed by atoms with Crippen LogP contribution >= 0.6 is 0 Å². The number of carbonyl (C=O) groups is 3. The summed E-state index contributed by atoms with van der Waals surface area (Å²) in [6, 6.07) is 2.09. The van der Waals surface area contributed by atoms with Crippen molar-refractivity contribution in [3.8, 4) is 0 Å². The second-order valence-electron chi connectivity index (χ2n) is 35.2. The van der Waals surface area contributed by atoms with Gasteiger partial charge in [-0.1, -0.05) is 40.0 Å². The topological polar surface area (TPSA) is 268 Å². The molecule has 606 valence electrons. The van der Waals surface area contributed by atoms with E-state index < -0.39 is 0 Å². The molecule has 3 saturated carbocycles. The van der Waals surface area contributed by atoms with Gasteiger partial charge < -0.3 is 74.8 Å². The molecular formula is C86H136N18O6. The molecule has 0 spiro atoms. The number of aliphatic hydroxyl groups excluding tert-OH is 3. The van der Waals surface area contributed by atoms with E-state index in [9.17, 15) is 29.7 Å². The third-order valence-electron chi connectivity index (χ3n) is 26.6. The van der Waals surface area contributed by atoms with Gasteiger partial charge in [0.15, 0.2) is 0 Å². The predicted molar refractivity (Wildman–Crippen MR) is 439 cm³/mol. The molecule has 6 aromatic rings. The summed E-state index contributed by atoms with van der Waals surface area (Å²) < 4.78 is 7.13. The lowest BCUT2D eigenvalue weighted by molar-refractivity contribution is -0.139. The average Bonchev–Trinajstić information content (AvgIpc) is 1.63. The quantitative estimate of drug-likeness (QED) is 0.0353. The van der Waals surface area contributed by atoms with Crippen LogP contribution in [0.4, 0.5) is 17.8 Å². The summed E-state index contributed by atoms with van der Waals surface area (Å²) in [4.78, 5) is 79.6. The zero-order chi connectivity index (χ0) is 77.0. The molecule has 0 radical (unpaired) electrons. The number of carbonyl (C=O) groups excluding carboxylic acids is 3. The highest BCUT2D eigenvalue weighted by atomic mass is 16.3. The number of likely N-dealkylation sites (tertiary alicyclic amines) is 5. The summed E-state index contributed by atoms with van der Waals surface area (Å²) >= 11 is 0. The van der Waals surface area contributed by atoms with Crippen LogP contribution in [0.15, 0.2) is 37.2 Å². The zero-order valence-corrected chi connectivity index (χ0v) is 68.2. The first-order valence-corrected chi connectivity index (χ1v) is 43.8. The van der Waals surface area contributed by atoms with Crippen molar-refractivity contribution in [2.75, 3.05) is 109 Å². The van der Waals surface area contributed by atoms with E-state index >= 15 is 0 Å². The minimum Gasteiger partial charge on any atom is -0.393 e. The zero-order valence-electron chi connectivity index (χ0n) is 68.2. The molecule has 9 fully saturated rings. The second kappa shape index (κ2) is 38.5. The van der Waals surface area contributed by atoms with Crippen molar-refractivity contribution in [1.29, 1.82) is 0 Å². The lowest BCUT2D eigenvalue weighted by atomic mass is 9.88. The third kappa shape index (κ3) is 20.1. The Labute approximate surface area is 655 Å². The molecule has 24 nitrogen and oxygen atoms in total. The number of hydrogen-bond acceptors (Lipinski definition) is 18. The Morgan fingerprint density at radius 2 is 0.718 bits per heavy atom. The largest absolute Gasteiger partial charge is 0.393 e. The summed E-state index contributed by atoms with van der Waals surface area (Å²) in [7, 11) is 4.25. The lowest BCUT2D eigenvalue weighted by Gasteiger charge is -2.37. The molecule has 6 atom stereocenters. The standard InChI is InChI=1S/2C29H46N6O2.C28H44N6O2/c2*1-4-6-20(2)31-29-30-17-25-26(19-35(27(25)32-29)23-8-10-24(36)11-9-23)21-12-15-34(16-13-21)28(37)22-7-5-14-33(3)18-22;1-3-5-19(2)31-28-30-17-24-25(18-34(26(24)32-28)22-7-9-23(35)10-8-22)20-11-14-33(15-12-20)27(36)21-6-4-13-29-16-21/h2*17,19-24,36H,4-16,18H2,1-3H3,(H,30,31,32);17-23,29,35H,3-16H2,1-2H3,(H,30,31,32)/t20-,22?,23?,24?;20-,22-,23?,24?;19-,21+,22?,23?/m000/s1. The molecule has 110 heavy (non-hydrogen) atoms. The van der Waals surface area contributed by atoms with Gasteiger partial charge in [0, 0.05) is 148 Å². The SMILES string of the molecule is CCC[C@H](C)Nc1ncc2c(C3CCN(C(=O)C4CCCN(C)C4)CC3)cn(C3CCC(O)CC3)c2n1.CCC[C@H](C)Nc1ncc2c(C3CCN(C(=O)[C@@H]4CCCNC4)CC3)cn(C3CCC(O)CC3)c2n1.CCC[C@H](C)Nc1ncc2c(C3CCN(C(=O)[C@H]4CCCN(C)C4)CC3)cn(C3CCC(O)CC3)c2n1.